The lowest BCUT2D eigenvalue weighted by Gasteiger charge is -2.19. The highest BCUT2D eigenvalue weighted by Gasteiger charge is 2.14. The SMILES string of the molecule is Cc1nc(C(C)NC(C)c2ccc(Cl)c(Cl)c2)cs1. The van der Waals surface area contributed by atoms with Crippen LogP contribution < -0.4 is 5.32 Å². The summed E-state index contributed by atoms with van der Waals surface area (Å²) in [4.78, 5) is 4.50. The van der Waals surface area contributed by atoms with Gasteiger partial charge >= 0.3 is 0 Å². The number of nitrogens with one attached hydrogen (secondary N) is 1. The van der Waals surface area contributed by atoms with Crippen LogP contribution in [-0.2, 0) is 0 Å². The first kappa shape index (κ1) is 14.8. The zero-order valence-electron chi connectivity index (χ0n) is 11.1. The normalized spacial score (nSPS) is 14.4. The summed E-state index contributed by atoms with van der Waals surface area (Å²) in [6.07, 6.45) is 0. The van der Waals surface area contributed by atoms with E-state index in [4.69, 9.17) is 23.2 Å². The Balaban J connectivity index is 2.07. The standard InChI is InChI=1S/C14H16Cl2N2S/c1-8(11-4-5-12(15)13(16)6-11)17-9(2)14-7-19-10(3)18-14/h4-9,17H,1-3H3. The van der Waals surface area contributed by atoms with Crippen molar-refractivity contribution in [3.05, 3.63) is 49.9 Å². The van der Waals surface area contributed by atoms with Crippen LogP contribution in [-0.4, -0.2) is 4.98 Å². The fourth-order valence-corrected chi connectivity index (χ4v) is 2.93. The Morgan fingerprint density at radius 2 is 1.89 bits per heavy atom. The van der Waals surface area contributed by atoms with E-state index in [9.17, 15) is 0 Å². The lowest BCUT2D eigenvalue weighted by molar-refractivity contribution is 0.487. The maximum Gasteiger partial charge on any atom is 0.0898 e. The van der Waals surface area contributed by atoms with Crippen LogP contribution in [0.5, 0.6) is 0 Å². The molecule has 0 fully saturated rings. The number of hydrogen-bond acceptors (Lipinski definition) is 3. The van der Waals surface area contributed by atoms with Crippen LogP contribution in [0.1, 0.15) is 42.2 Å². The largest absolute Gasteiger partial charge is 0.302 e. The molecule has 0 aliphatic carbocycles. The van der Waals surface area contributed by atoms with Gasteiger partial charge in [-0.15, -0.1) is 11.3 Å². The van der Waals surface area contributed by atoms with Gasteiger partial charge in [0.15, 0.2) is 0 Å². The van der Waals surface area contributed by atoms with Gasteiger partial charge in [-0.1, -0.05) is 29.3 Å². The van der Waals surface area contributed by atoms with E-state index in [0.29, 0.717) is 10.0 Å². The first-order chi connectivity index (χ1) is 8.97. The molecule has 0 aliphatic heterocycles. The Morgan fingerprint density at radius 1 is 1.16 bits per heavy atom. The van der Waals surface area contributed by atoms with Crippen molar-refractivity contribution in [2.45, 2.75) is 32.9 Å². The second-order valence-electron chi connectivity index (χ2n) is 4.57. The fraction of sp³-hybridized carbons (Fsp3) is 0.357. The van der Waals surface area contributed by atoms with E-state index in [1.54, 1.807) is 11.3 Å². The summed E-state index contributed by atoms with van der Waals surface area (Å²) >= 11 is 13.6. The van der Waals surface area contributed by atoms with Gasteiger partial charge in [-0.2, -0.15) is 0 Å². The number of thiazole rings is 1. The van der Waals surface area contributed by atoms with Crippen molar-refractivity contribution in [1.29, 1.82) is 0 Å². The molecule has 102 valence electrons. The number of benzene rings is 1. The summed E-state index contributed by atoms with van der Waals surface area (Å²) in [5.74, 6) is 0. The highest BCUT2D eigenvalue weighted by Crippen LogP contribution is 2.27. The molecule has 2 atom stereocenters. The Kier molecular flexibility index (Phi) is 4.85. The first-order valence-electron chi connectivity index (χ1n) is 6.10. The molecular weight excluding hydrogens is 299 g/mol. The van der Waals surface area contributed by atoms with E-state index >= 15 is 0 Å². The molecule has 0 amide bonds. The number of hydrogen-bond donors (Lipinski definition) is 1. The van der Waals surface area contributed by atoms with Gasteiger partial charge in [-0.3, -0.25) is 0 Å². The van der Waals surface area contributed by atoms with Gasteiger partial charge in [0.2, 0.25) is 0 Å². The Labute approximate surface area is 127 Å². The Bertz CT molecular complexity index is 568. The molecule has 0 spiro atoms. The third-order valence-electron chi connectivity index (χ3n) is 3.02. The predicted octanol–water partition coefficient (Wildman–Crippen LogP) is 5.17. The summed E-state index contributed by atoms with van der Waals surface area (Å²) in [5, 5.41) is 7.87. The maximum atomic E-state index is 6.04. The highest BCUT2D eigenvalue weighted by atomic mass is 35.5. The van der Waals surface area contributed by atoms with Crippen molar-refractivity contribution in [3.63, 3.8) is 0 Å². The summed E-state index contributed by atoms with van der Waals surface area (Å²) < 4.78 is 0. The van der Waals surface area contributed by atoms with Crippen LogP contribution in [0, 0.1) is 6.92 Å². The summed E-state index contributed by atoms with van der Waals surface area (Å²) in [6, 6.07) is 6.11. The quantitative estimate of drug-likeness (QED) is 0.842. The van der Waals surface area contributed by atoms with Crippen LogP contribution >= 0.6 is 34.5 Å². The van der Waals surface area contributed by atoms with Crippen LogP contribution in [0.15, 0.2) is 23.6 Å². The van der Waals surface area contributed by atoms with E-state index in [1.807, 2.05) is 25.1 Å². The molecule has 1 heterocycles. The third-order valence-corrected chi connectivity index (χ3v) is 4.55. The lowest BCUT2D eigenvalue weighted by atomic mass is 10.1. The fourth-order valence-electron chi connectivity index (χ4n) is 1.92. The van der Waals surface area contributed by atoms with Gasteiger partial charge in [-0.25, -0.2) is 4.98 Å². The lowest BCUT2D eigenvalue weighted by Crippen LogP contribution is -2.22. The van der Waals surface area contributed by atoms with E-state index in [2.05, 4.69) is 29.5 Å². The number of aryl methyl sites for hydroxylation is 1. The molecule has 0 radical (unpaired) electrons. The van der Waals surface area contributed by atoms with Gasteiger partial charge in [-0.05, 0) is 38.5 Å². The minimum Gasteiger partial charge on any atom is -0.302 e. The average molecular weight is 315 g/mol. The molecule has 2 unspecified atom stereocenters. The predicted molar refractivity (Wildman–Crippen MR) is 83.3 cm³/mol. The maximum absolute atomic E-state index is 6.04. The van der Waals surface area contributed by atoms with E-state index < -0.39 is 0 Å². The second-order valence-corrected chi connectivity index (χ2v) is 6.45. The van der Waals surface area contributed by atoms with Crippen LogP contribution in [0.3, 0.4) is 0 Å². The summed E-state index contributed by atoms with van der Waals surface area (Å²) in [7, 11) is 0. The number of rotatable bonds is 4. The first-order valence-corrected chi connectivity index (χ1v) is 7.74. The van der Waals surface area contributed by atoms with Crippen molar-refractivity contribution in [3.8, 4) is 0 Å². The molecule has 1 N–H and O–H groups in total. The number of halogens is 2. The Hall–Kier alpha value is -0.610. The molecule has 2 aromatic rings. The topological polar surface area (TPSA) is 24.9 Å². The molecule has 5 heteroatoms. The minimum absolute atomic E-state index is 0.187. The van der Waals surface area contributed by atoms with Crippen molar-refractivity contribution in [2.24, 2.45) is 0 Å². The molecule has 0 saturated carbocycles. The van der Waals surface area contributed by atoms with Crippen molar-refractivity contribution < 1.29 is 0 Å². The summed E-state index contributed by atoms with van der Waals surface area (Å²) in [6.45, 7) is 6.24. The Morgan fingerprint density at radius 3 is 2.47 bits per heavy atom. The zero-order valence-corrected chi connectivity index (χ0v) is 13.4. The molecule has 2 nitrogen and oxygen atoms in total. The zero-order chi connectivity index (χ0) is 14.0. The molecule has 1 aromatic heterocycles. The van der Waals surface area contributed by atoms with Gasteiger partial charge in [0, 0.05) is 17.5 Å². The van der Waals surface area contributed by atoms with Gasteiger partial charge in [0.1, 0.15) is 0 Å². The smallest absolute Gasteiger partial charge is 0.0898 e. The molecule has 0 bridgehead atoms. The third kappa shape index (κ3) is 3.69. The minimum atomic E-state index is 0.187. The van der Waals surface area contributed by atoms with Crippen LogP contribution in [0.25, 0.3) is 0 Å². The van der Waals surface area contributed by atoms with Gasteiger partial charge in [0.05, 0.1) is 20.7 Å². The highest BCUT2D eigenvalue weighted by molar-refractivity contribution is 7.09. The van der Waals surface area contributed by atoms with Gasteiger partial charge in [0.25, 0.3) is 0 Å². The second kappa shape index (κ2) is 6.23. The van der Waals surface area contributed by atoms with Crippen molar-refractivity contribution in [1.82, 2.24) is 10.3 Å². The molecule has 0 saturated heterocycles. The molecular formula is C14H16Cl2N2S. The number of aromatic nitrogens is 1. The monoisotopic (exact) mass is 314 g/mol. The van der Waals surface area contributed by atoms with Crippen molar-refractivity contribution in [2.75, 3.05) is 0 Å². The molecule has 0 aliphatic rings. The van der Waals surface area contributed by atoms with E-state index in [1.165, 1.54) is 0 Å². The summed E-state index contributed by atoms with van der Waals surface area (Å²) in [5.41, 5.74) is 2.20. The van der Waals surface area contributed by atoms with E-state index in [0.717, 1.165) is 16.3 Å². The van der Waals surface area contributed by atoms with E-state index in [-0.39, 0.29) is 12.1 Å². The van der Waals surface area contributed by atoms with Gasteiger partial charge < -0.3 is 5.32 Å². The molecule has 19 heavy (non-hydrogen) atoms. The average Bonchev–Trinajstić information content (AvgIpc) is 2.79. The van der Waals surface area contributed by atoms with Crippen LogP contribution in [0.2, 0.25) is 10.0 Å². The molecule has 2 rings (SSSR count). The molecule has 1 aromatic carbocycles. The van der Waals surface area contributed by atoms with Crippen LogP contribution in [0.4, 0.5) is 0 Å². The van der Waals surface area contributed by atoms with Crippen molar-refractivity contribution >= 4 is 34.5 Å². The number of nitrogens with zero attached hydrogens (tertiary/aromatic N) is 1.